The number of hydrogen-bond acceptors (Lipinski definition) is 5. The predicted octanol–water partition coefficient (Wildman–Crippen LogP) is 2.74. The van der Waals surface area contributed by atoms with Gasteiger partial charge in [0.2, 0.25) is 5.13 Å². The summed E-state index contributed by atoms with van der Waals surface area (Å²) >= 11 is 0.639. The Morgan fingerprint density at radius 1 is 1.42 bits per heavy atom. The molecule has 0 radical (unpaired) electrons. The Hall–Kier alpha value is -2.09. The van der Waals surface area contributed by atoms with Gasteiger partial charge in [-0.1, -0.05) is 17.4 Å². The van der Waals surface area contributed by atoms with E-state index in [2.05, 4.69) is 15.5 Å². The fraction of sp³-hybridized carbons (Fsp3) is 0.182. The number of methoxy groups -OCH3 is 1. The van der Waals surface area contributed by atoms with Crippen LogP contribution >= 0.6 is 11.3 Å². The van der Waals surface area contributed by atoms with Gasteiger partial charge in [-0.3, -0.25) is 10.1 Å². The molecule has 1 aromatic carbocycles. The number of aromatic nitrogens is 2. The Kier molecular flexibility index (Phi) is 4.00. The normalized spacial score (nSPS) is 10.5. The number of alkyl halides is 2. The topological polar surface area (TPSA) is 64.1 Å². The van der Waals surface area contributed by atoms with Crippen LogP contribution in [0.15, 0.2) is 24.3 Å². The lowest BCUT2D eigenvalue weighted by atomic mass is 10.2. The Bertz CT molecular complexity index is 589. The van der Waals surface area contributed by atoms with E-state index in [-0.39, 0.29) is 5.13 Å². The number of anilines is 1. The minimum Gasteiger partial charge on any atom is -0.497 e. The maximum Gasteiger partial charge on any atom is 0.291 e. The summed E-state index contributed by atoms with van der Waals surface area (Å²) in [7, 11) is 1.48. The van der Waals surface area contributed by atoms with Gasteiger partial charge in [0.1, 0.15) is 5.75 Å². The standard InChI is InChI=1S/C11H9F2N3O2S/c1-18-7-4-2-3-6(5-7)9(17)14-11-16-15-10(19-11)8(12)13/h2-5,8H,1H3,(H,14,16,17). The van der Waals surface area contributed by atoms with Crippen LogP contribution in [0, 0.1) is 0 Å². The minimum atomic E-state index is -2.69. The molecule has 0 fully saturated rings. The van der Waals surface area contributed by atoms with E-state index in [1.54, 1.807) is 18.2 Å². The van der Waals surface area contributed by atoms with Crippen molar-refractivity contribution < 1.29 is 18.3 Å². The Morgan fingerprint density at radius 2 is 2.21 bits per heavy atom. The molecule has 0 spiro atoms. The van der Waals surface area contributed by atoms with Gasteiger partial charge in [0.25, 0.3) is 12.3 Å². The van der Waals surface area contributed by atoms with Crippen molar-refractivity contribution in [2.45, 2.75) is 6.43 Å². The highest BCUT2D eigenvalue weighted by molar-refractivity contribution is 7.15. The van der Waals surface area contributed by atoms with E-state index in [0.717, 1.165) is 0 Å². The fourth-order valence-electron chi connectivity index (χ4n) is 1.31. The van der Waals surface area contributed by atoms with Gasteiger partial charge in [0, 0.05) is 5.56 Å². The van der Waals surface area contributed by atoms with Crippen molar-refractivity contribution in [3.8, 4) is 5.75 Å². The Balaban J connectivity index is 2.11. The highest BCUT2D eigenvalue weighted by Crippen LogP contribution is 2.25. The third-order valence-electron chi connectivity index (χ3n) is 2.18. The van der Waals surface area contributed by atoms with Crippen LogP contribution in [0.1, 0.15) is 21.8 Å². The first-order valence-electron chi connectivity index (χ1n) is 5.17. The molecule has 1 aromatic heterocycles. The maximum atomic E-state index is 12.3. The lowest BCUT2D eigenvalue weighted by Crippen LogP contribution is -2.11. The van der Waals surface area contributed by atoms with Crippen molar-refractivity contribution in [3.05, 3.63) is 34.8 Å². The molecule has 8 heteroatoms. The van der Waals surface area contributed by atoms with Gasteiger partial charge in [0.15, 0.2) is 5.01 Å². The number of ether oxygens (including phenoxy) is 1. The van der Waals surface area contributed by atoms with E-state index in [0.29, 0.717) is 22.6 Å². The molecule has 1 N–H and O–H groups in total. The molecule has 5 nitrogen and oxygen atoms in total. The van der Waals surface area contributed by atoms with E-state index in [1.165, 1.54) is 13.2 Å². The second kappa shape index (κ2) is 5.70. The van der Waals surface area contributed by atoms with Crippen molar-refractivity contribution in [1.29, 1.82) is 0 Å². The first-order chi connectivity index (χ1) is 9.10. The van der Waals surface area contributed by atoms with Crippen molar-refractivity contribution in [1.82, 2.24) is 10.2 Å². The summed E-state index contributed by atoms with van der Waals surface area (Å²) in [4.78, 5) is 11.8. The summed E-state index contributed by atoms with van der Waals surface area (Å²) in [6, 6.07) is 6.45. The quantitative estimate of drug-likeness (QED) is 0.938. The van der Waals surface area contributed by atoms with Crippen LogP contribution in [-0.2, 0) is 0 Å². The van der Waals surface area contributed by atoms with Crippen LogP contribution < -0.4 is 10.1 Å². The summed E-state index contributed by atoms with van der Waals surface area (Å²) in [5.41, 5.74) is 0.341. The van der Waals surface area contributed by atoms with Gasteiger partial charge < -0.3 is 4.74 Å². The lowest BCUT2D eigenvalue weighted by Gasteiger charge is -2.03. The fourth-order valence-corrected chi connectivity index (χ4v) is 1.90. The molecule has 0 aliphatic heterocycles. The van der Waals surface area contributed by atoms with Crippen LogP contribution in [0.2, 0.25) is 0 Å². The number of hydrogen-bond donors (Lipinski definition) is 1. The smallest absolute Gasteiger partial charge is 0.291 e. The molecule has 0 atom stereocenters. The van der Waals surface area contributed by atoms with E-state index in [9.17, 15) is 13.6 Å². The number of carbonyl (C=O) groups is 1. The molecular weight excluding hydrogens is 276 g/mol. The van der Waals surface area contributed by atoms with Crippen molar-refractivity contribution in [2.24, 2.45) is 0 Å². The molecule has 0 bridgehead atoms. The zero-order valence-electron chi connectivity index (χ0n) is 9.76. The van der Waals surface area contributed by atoms with E-state index >= 15 is 0 Å². The molecule has 19 heavy (non-hydrogen) atoms. The third-order valence-corrected chi connectivity index (χ3v) is 3.03. The van der Waals surface area contributed by atoms with E-state index in [1.807, 2.05) is 0 Å². The van der Waals surface area contributed by atoms with Crippen LogP contribution in [0.5, 0.6) is 5.75 Å². The average molecular weight is 285 g/mol. The largest absolute Gasteiger partial charge is 0.497 e. The molecule has 0 aliphatic rings. The summed E-state index contributed by atoms with van der Waals surface area (Å²) in [5, 5.41) is 8.75. The van der Waals surface area contributed by atoms with Crippen molar-refractivity contribution >= 4 is 22.4 Å². The van der Waals surface area contributed by atoms with Gasteiger partial charge in [0.05, 0.1) is 7.11 Å². The van der Waals surface area contributed by atoms with Crippen molar-refractivity contribution in [2.75, 3.05) is 12.4 Å². The van der Waals surface area contributed by atoms with Crippen LogP contribution in [-0.4, -0.2) is 23.2 Å². The second-order valence-electron chi connectivity index (χ2n) is 3.43. The number of nitrogens with one attached hydrogen (secondary N) is 1. The molecule has 0 saturated carbocycles. The predicted molar refractivity (Wildman–Crippen MR) is 65.8 cm³/mol. The third kappa shape index (κ3) is 3.22. The zero-order valence-corrected chi connectivity index (χ0v) is 10.6. The highest BCUT2D eigenvalue weighted by atomic mass is 32.1. The number of nitrogens with zero attached hydrogens (tertiary/aromatic N) is 2. The monoisotopic (exact) mass is 285 g/mol. The van der Waals surface area contributed by atoms with Crippen LogP contribution in [0.4, 0.5) is 13.9 Å². The zero-order chi connectivity index (χ0) is 13.8. The Labute approximate surface area is 111 Å². The molecule has 2 aromatic rings. The second-order valence-corrected chi connectivity index (χ2v) is 4.44. The molecule has 100 valence electrons. The van der Waals surface area contributed by atoms with E-state index < -0.39 is 17.3 Å². The Morgan fingerprint density at radius 3 is 2.84 bits per heavy atom. The first kappa shape index (κ1) is 13.3. The lowest BCUT2D eigenvalue weighted by molar-refractivity contribution is 0.102. The first-order valence-corrected chi connectivity index (χ1v) is 5.98. The van der Waals surface area contributed by atoms with Crippen molar-refractivity contribution in [3.63, 3.8) is 0 Å². The maximum absolute atomic E-state index is 12.3. The SMILES string of the molecule is COc1cccc(C(=O)Nc2nnc(C(F)F)s2)c1. The summed E-state index contributed by atoms with van der Waals surface area (Å²) < 4.78 is 29.6. The number of carbonyl (C=O) groups excluding carboxylic acids is 1. The number of rotatable bonds is 4. The van der Waals surface area contributed by atoms with E-state index in [4.69, 9.17) is 4.74 Å². The summed E-state index contributed by atoms with van der Waals surface area (Å²) in [6.07, 6.45) is -2.69. The molecule has 0 aliphatic carbocycles. The van der Waals surface area contributed by atoms with Crippen LogP contribution in [0.3, 0.4) is 0 Å². The summed E-state index contributed by atoms with van der Waals surface area (Å²) in [5.74, 6) is 0.0639. The number of halogens is 2. The van der Waals surface area contributed by atoms with Crippen LogP contribution in [0.25, 0.3) is 0 Å². The summed E-state index contributed by atoms with van der Waals surface area (Å²) in [6.45, 7) is 0. The number of benzene rings is 1. The van der Waals surface area contributed by atoms with Gasteiger partial charge in [-0.05, 0) is 18.2 Å². The molecular formula is C11H9F2N3O2S. The van der Waals surface area contributed by atoms with Gasteiger partial charge in [-0.25, -0.2) is 8.78 Å². The van der Waals surface area contributed by atoms with Gasteiger partial charge in [-0.2, -0.15) is 0 Å². The minimum absolute atomic E-state index is 0.0307. The molecule has 2 rings (SSSR count). The van der Waals surface area contributed by atoms with Gasteiger partial charge in [-0.15, -0.1) is 10.2 Å². The molecule has 1 heterocycles. The molecule has 0 saturated heterocycles. The molecule has 1 amide bonds. The highest BCUT2D eigenvalue weighted by Gasteiger charge is 2.16. The average Bonchev–Trinajstić information content (AvgIpc) is 2.87. The van der Waals surface area contributed by atoms with Gasteiger partial charge >= 0.3 is 0 Å². The number of amides is 1. The molecule has 0 unspecified atom stereocenters.